The Kier molecular flexibility index (Phi) is 6.41. The number of carbonyl (C=O) groups excluding carboxylic acids is 1. The number of rotatable bonds is 7. The SMILES string of the molecule is CC(C)COCCOC(=O)c1cc(Cl)ccc1[N+](=O)[O-]. The van der Waals surface area contributed by atoms with Crippen molar-refractivity contribution in [3.05, 3.63) is 38.9 Å². The van der Waals surface area contributed by atoms with Crippen molar-refractivity contribution in [3.63, 3.8) is 0 Å². The first-order valence-corrected chi connectivity index (χ1v) is 6.48. The lowest BCUT2D eigenvalue weighted by atomic mass is 10.2. The highest BCUT2D eigenvalue weighted by molar-refractivity contribution is 6.31. The summed E-state index contributed by atoms with van der Waals surface area (Å²) in [6, 6.07) is 3.74. The highest BCUT2D eigenvalue weighted by Gasteiger charge is 2.21. The summed E-state index contributed by atoms with van der Waals surface area (Å²) in [6.45, 7) is 4.85. The van der Waals surface area contributed by atoms with E-state index in [1.54, 1.807) is 0 Å². The monoisotopic (exact) mass is 301 g/mol. The predicted octanol–water partition coefficient (Wildman–Crippen LogP) is 3.08. The average Bonchev–Trinajstić information content (AvgIpc) is 2.37. The molecule has 0 saturated carbocycles. The Hall–Kier alpha value is -1.66. The number of nitrogens with zero attached hydrogens (tertiary/aromatic N) is 1. The molecule has 0 aliphatic carbocycles. The van der Waals surface area contributed by atoms with E-state index in [2.05, 4.69) is 0 Å². The van der Waals surface area contributed by atoms with Gasteiger partial charge in [0, 0.05) is 17.7 Å². The molecule has 0 spiro atoms. The van der Waals surface area contributed by atoms with Crippen molar-refractivity contribution in [2.75, 3.05) is 19.8 Å². The van der Waals surface area contributed by atoms with Crippen LogP contribution < -0.4 is 0 Å². The van der Waals surface area contributed by atoms with Gasteiger partial charge in [0.05, 0.1) is 11.5 Å². The number of hydrogen-bond donors (Lipinski definition) is 0. The first-order chi connectivity index (χ1) is 9.41. The molecule has 0 radical (unpaired) electrons. The molecule has 0 bridgehead atoms. The van der Waals surface area contributed by atoms with Crippen molar-refractivity contribution in [1.82, 2.24) is 0 Å². The predicted molar refractivity (Wildman–Crippen MR) is 74.0 cm³/mol. The third-order valence-corrected chi connectivity index (χ3v) is 2.52. The smallest absolute Gasteiger partial charge is 0.345 e. The summed E-state index contributed by atoms with van der Waals surface area (Å²) in [5.74, 6) is -0.396. The van der Waals surface area contributed by atoms with E-state index in [9.17, 15) is 14.9 Å². The van der Waals surface area contributed by atoms with Crippen LogP contribution in [0.3, 0.4) is 0 Å². The van der Waals surface area contributed by atoms with Crippen molar-refractivity contribution in [1.29, 1.82) is 0 Å². The number of nitro groups is 1. The second-order valence-electron chi connectivity index (χ2n) is 4.52. The molecule has 0 atom stereocenters. The first-order valence-electron chi connectivity index (χ1n) is 6.10. The highest BCUT2D eigenvalue weighted by atomic mass is 35.5. The summed E-state index contributed by atoms with van der Waals surface area (Å²) in [6.07, 6.45) is 0. The topological polar surface area (TPSA) is 78.7 Å². The number of hydrogen-bond acceptors (Lipinski definition) is 5. The number of carbonyl (C=O) groups is 1. The van der Waals surface area contributed by atoms with Gasteiger partial charge in [-0.25, -0.2) is 4.79 Å². The zero-order chi connectivity index (χ0) is 15.1. The van der Waals surface area contributed by atoms with Gasteiger partial charge in [-0.05, 0) is 18.1 Å². The van der Waals surface area contributed by atoms with Crippen LogP contribution >= 0.6 is 11.6 Å². The van der Waals surface area contributed by atoms with E-state index in [1.165, 1.54) is 18.2 Å². The summed E-state index contributed by atoms with van der Waals surface area (Å²) in [5, 5.41) is 11.1. The van der Waals surface area contributed by atoms with Crippen molar-refractivity contribution < 1.29 is 19.2 Å². The van der Waals surface area contributed by atoms with Crippen LogP contribution in [0.5, 0.6) is 0 Å². The first kappa shape index (κ1) is 16.4. The van der Waals surface area contributed by atoms with Crippen LogP contribution in [0.2, 0.25) is 5.02 Å². The van der Waals surface area contributed by atoms with Crippen molar-refractivity contribution in [2.45, 2.75) is 13.8 Å². The number of ether oxygens (including phenoxy) is 2. The van der Waals surface area contributed by atoms with Crippen molar-refractivity contribution in [2.24, 2.45) is 5.92 Å². The zero-order valence-corrected chi connectivity index (χ0v) is 12.1. The standard InChI is InChI=1S/C13H16ClNO5/c1-9(2)8-19-5-6-20-13(16)11-7-10(14)3-4-12(11)15(17)18/h3-4,7,9H,5-6,8H2,1-2H3. The van der Waals surface area contributed by atoms with Gasteiger partial charge in [-0.15, -0.1) is 0 Å². The van der Waals surface area contributed by atoms with E-state index in [0.29, 0.717) is 12.5 Å². The molecule has 1 aromatic rings. The zero-order valence-electron chi connectivity index (χ0n) is 11.3. The lowest BCUT2D eigenvalue weighted by molar-refractivity contribution is -0.385. The summed E-state index contributed by atoms with van der Waals surface area (Å²) >= 11 is 5.73. The van der Waals surface area contributed by atoms with Crippen LogP contribution in [0.1, 0.15) is 24.2 Å². The van der Waals surface area contributed by atoms with Crippen LogP contribution in [0, 0.1) is 16.0 Å². The van der Waals surface area contributed by atoms with E-state index in [4.69, 9.17) is 21.1 Å². The molecule has 0 N–H and O–H groups in total. The van der Waals surface area contributed by atoms with Crippen LogP contribution in [0.15, 0.2) is 18.2 Å². The second-order valence-corrected chi connectivity index (χ2v) is 4.96. The summed E-state index contributed by atoms with van der Waals surface area (Å²) in [4.78, 5) is 21.9. The average molecular weight is 302 g/mol. The fourth-order valence-electron chi connectivity index (χ4n) is 1.42. The maximum atomic E-state index is 11.8. The molecule has 1 rings (SSSR count). The fraction of sp³-hybridized carbons (Fsp3) is 0.462. The normalized spacial score (nSPS) is 10.6. The maximum Gasteiger partial charge on any atom is 0.345 e. The molecule has 0 unspecified atom stereocenters. The van der Waals surface area contributed by atoms with Gasteiger partial charge in [-0.3, -0.25) is 10.1 Å². The molecule has 0 saturated heterocycles. The van der Waals surface area contributed by atoms with Crippen LogP contribution in [-0.4, -0.2) is 30.7 Å². The minimum atomic E-state index is -0.785. The lowest BCUT2D eigenvalue weighted by Crippen LogP contribution is -2.14. The Balaban J connectivity index is 2.59. The van der Waals surface area contributed by atoms with Crippen molar-refractivity contribution in [3.8, 4) is 0 Å². The number of benzene rings is 1. The van der Waals surface area contributed by atoms with Gasteiger partial charge in [0.15, 0.2) is 0 Å². The Bertz CT molecular complexity index is 490. The summed E-state index contributed by atoms with van der Waals surface area (Å²) in [7, 11) is 0. The third-order valence-electron chi connectivity index (χ3n) is 2.29. The van der Waals surface area contributed by atoms with E-state index in [1.807, 2.05) is 13.8 Å². The Morgan fingerprint density at radius 3 is 2.70 bits per heavy atom. The number of nitro benzene ring substituents is 1. The van der Waals surface area contributed by atoms with E-state index in [-0.39, 0.29) is 29.5 Å². The largest absolute Gasteiger partial charge is 0.459 e. The van der Waals surface area contributed by atoms with Gasteiger partial charge in [-0.1, -0.05) is 25.4 Å². The van der Waals surface area contributed by atoms with Crippen LogP contribution in [-0.2, 0) is 9.47 Å². The molecule has 1 aromatic carbocycles. The number of esters is 1. The Morgan fingerprint density at radius 2 is 2.10 bits per heavy atom. The molecule has 0 aromatic heterocycles. The van der Waals surface area contributed by atoms with Gasteiger partial charge < -0.3 is 9.47 Å². The molecule has 0 aliphatic heterocycles. The van der Waals surface area contributed by atoms with Crippen LogP contribution in [0.4, 0.5) is 5.69 Å². The Labute approximate surface area is 121 Å². The molecule has 0 amide bonds. The van der Waals surface area contributed by atoms with Crippen molar-refractivity contribution >= 4 is 23.3 Å². The van der Waals surface area contributed by atoms with Gasteiger partial charge in [0.1, 0.15) is 12.2 Å². The molecule has 20 heavy (non-hydrogen) atoms. The van der Waals surface area contributed by atoms with E-state index >= 15 is 0 Å². The highest BCUT2D eigenvalue weighted by Crippen LogP contribution is 2.23. The molecule has 7 heteroatoms. The van der Waals surface area contributed by atoms with E-state index in [0.717, 1.165) is 0 Å². The lowest BCUT2D eigenvalue weighted by Gasteiger charge is -2.08. The van der Waals surface area contributed by atoms with Crippen LogP contribution in [0.25, 0.3) is 0 Å². The summed E-state index contributed by atoms with van der Waals surface area (Å²) < 4.78 is 10.2. The second kappa shape index (κ2) is 7.81. The third kappa shape index (κ3) is 5.14. The minimum Gasteiger partial charge on any atom is -0.459 e. The van der Waals surface area contributed by atoms with Gasteiger partial charge in [-0.2, -0.15) is 0 Å². The van der Waals surface area contributed by atoms with Gasteiger partial charge in [0.25, 0.3) is 5.69 Å². The molecule has 0 aliphatic rings. The summed E-state index contributed by atoms with van der Waals surface area (Å²) in [5.41, 5.74) is -0.492. The fourth-order valence-corrected chi connectivity index (χ4v) is 1.59. The molecular formula is C13H16ClNO5. The molecule has 110 valence electrons. The number of halogens is 1. The van der Waals surface area contributed by atoms with E-state index < -0.39 is 10.9 Å². The maximum absolute atomic E-state index is 11.8. The van der Waals surface area contributed by atoms with Gasteiger partial charge >= 0.3 is 5.97 Å². The molecule has 0 heterocycles. The molecule has 6 nitrogen and oxygen atoms in total. The molecule has 0 fully saturated rings. The molecular weight excluding hydrogens is 286 g/mol. The van der Waals surface area contributed by atoms with Gasteiger partial charge in [0.2, 0.25) is 0 Å². The minimum absolute atomic E-state index is 0.0369. The Morgan fingerprint density at radius 1 is 1.40 bits per heavy atom. The quantitative estimate of drug-likeness (QED) is 0.335.